The fraction of sp³-hybridized carbons (Fsp3) is 0.0714. The lowest BCUT2D eigenvalue weighted by Crippen LogP contribution is -2.29. The third-order valence-corrected chi connectivity index (χ3v) is 3.47. The Hall–Kier alpha value is -1.65. The zero-order chi connectivity index (χ0) is 13.7. The van der Waals surface area contributed by atoms with Gasteiger partial charge in [0.25, 0.3) is 5.91 Å². The summed E-state index contributed by atoms with van der Waals surface area (Å²) in [5.74, 6) is -0.175. The molecule has 2 aromatic rings. The summed E-state index contributed by atoms with van der Waals surface area (Å²) in [7, 11) is 0. The van der Waals surface area contributed by atoms with Gasteiger partial charge in [0.15, 0.2) is 0 Å². The largest absolute Gasteiger partial charge is 0.298 e. The van der Waals surface area contributed by atoms with Gasteiger partial charge in [-0.2, -0.15) is 0 Å². The number of hydrazine groups is 1. The van der Waals surface area contributed by atoms with E-state index in [2.05, 4.69) is 10.9 Å². The number of hydrogen-bond donors (Lipinski definition) is 2. The van der Waals surface area contributed by atoms with Gasteiger partial charge in [0.1, 0.15) is 0 Å². The first kappa shape index (κ1) is 13.8. The summed E-state index contributed by atoms with van der Waals surface area (Å²) >= 11 is 7.39. The van der Waals surface area contributed by atoms with E-state index in [0.29, 0.717) is 10.6 Å². The standard InChI is InChI=1S/C14H13ClN2OS/c1-19-13-4-2-3-10(9-13)14(18)17-16-12-7-5-11(15)6-8-12/h2-9,16H,1H3,(H,17,18). The van der Waals surface area contributed by atoms with E-state index in [1.54, 1.807) is 42.1 Å². The number of thioether (sulfide) groups is 1. The maximum atomic E-state index is 11.9. The van der Waals surface area contributed by atoms with Crippen LogP contribution < -0.4 is 10.9 Å². The number of amides is 1. The van der Waals surface area contributed by atoms with Gasteiger partial charge in [-0.3, -0.25) is 15.6 Å². The molecule has 0 saturated heterocycles. The van der Waals surface area contributed by atoms with E-state index >= 15 is 0 Å². The quantitative estimate of drug-likeness (QED) is 0.665. The molecule has 2 rings (SSSR count). The summed E-state index contributed by atoms with van der Waals surface area (Å²) < 4.78 is 0. The number of carbonyl (C=O) groups excluding carboxylic acids is 1. The van der Waals surface area contributed by atoms with E-state index in [-0.39, 0.29) is 5.91 Å². The molecule has 19 heavy (non-hydrogen) atoms. The lowest BCUT2D eigenvalue weighted by atomic mass is 10.2. The Balaban J connectivity index is 1.99. The molecule has 5 heteroatoms. The fourth-order valence-corrected chi connectivity index (χ4v) is 2.08. The minimum atomic E-state index is -0.175. The van der Waals surface area contributed by atoms with Crippen LogP contribution in [0.25, 0.3) is 0 Å². The predicted molar refractivity (Wildman–Crippen MR) is 80.8 cm³/mol. The second kappa shape index (κ2) is 6.50. The van der Waals surface area contributed by atoms with E-state index in [9.17, 15) is 4.79 Å². The van der Waals surface area contributed by atoms with Crippen LogP contribution in [0.4, 0.5) is 5.69 Å². The number of nitrogens with one attached hydrogen (secondary N) is 2. The molecule has 0 aromatic heterocycles. The van der Waals surface area contributed by atoms with E-state index < -0.39 is 0 Å². The van der Waals surface area contributed by atoms with Crippen LogP contribution in [0.5, 0.6) is 0 Å². The van der Waals surface area contributed by atoms with Crippen molar-refractivity contribution in [1.82, 2.24) is 5.43 Å². The molecule has 0 bridgehead atoms. The summed E-state index contributed by atoms with van der Waals surface area (Å²) in [6.45, 7) is 0. The normalized spacial score (nSPS) is 10.0. The van der Waals surface area contributed by atoms with Gasteiger partial charge < -0.3 is 0 Å². The molecule has 2 N–H and O–H groups in total. The second-order valence-electron chi connectivity index (χ2n) is 3.82. The molecular formula is C14H13ClN2OS. The Morgan fingerprint density at radius 1 is 1.16 bits per heavy atom. The van der Waals surface area contributed by atoms with Gasteiger partial charge in [-0.25, -0.2) is 0 Å². The van der Waals surface area contributed by atoms with Crippen molar-refractivity contribution in [2.75, 3.05) is 11.7 Å². The average Bonchev–Trinajstić information content (AvgIpc) is 2.46. The molecule has 0 aliphatic rings. The Labute approximate surface area is 121 Å². The summed E-state index contributed by atoms with van der Waals surface area (Å²) in [5, 5.41) is 0.657. The van der Waals surface area contributed by atoms with Gasteiger partial charge in [0, 0.05) is 15.5 Å². The summed E-state index contributed by atoms with van der Waals surface area (Å²) in [5.41, 5.74) is 6.88. The van der Waals surface area contributed by atoms with Crippen LogP contribution in [0, 0.1) is 0 Å². The molecule has 1 amide bonds. The molecule has 0 atom stereocenters. The van der Waals surface area contributed by atoms with Gasteiger partial charge in [-0.15, -0.1) is 11.8 Å². The summed E-state index contributed by atoms with van der Waals surface area (Å²) in [6, 6.07) is 14.6. The van der Waals surface area contributed by atoms with Crippen molar-refractivity contribution in [3.8, 4) is 0 Å². The van der Waals surface area contributed by atoms with Crippen molar-refractivity contribution in [3.63, 3.8) is 0 Å². The molecule has 0 heterocycles. The highest BCUT2D eigenvalue weighted by Crippen LogP contribution is 2.16. The van der Waals surface area contributed by atoms with Crippen LogP contribution in [0.3, 0.4) is 0 Å². The third-order valence-electron chi connectivity index (χ3n) is 2.50. The van der Waals surface area contributed by atoms with Crippen LogP contribution in [0.1, 0.15) is 10.4 Å². The van der Waals surface area contributed by atoms with Crippen molar-refractivity contribution in [3.05, 3.63) is 59.1 Å². The zero-order valence-electron chi connectivity index (χ0n) is 10.3. The maximum Gasteiger partial charge on any atom is 0.269 e. The van der Waals surface area contributed by atoms with Gasteiger partial charge >= 0.3 is 0 Å². The predicted octanol–water partition coefficient (Wildman–Crippen LogP) is 3.82. The zero-order valence-corrected chi connectivity index (χ0v) is 11.9. The number of benzene rings is 2. The lowest BCUT2D eigenvalue weighted by Gasteiger charge is -2.09. The van der Waals surface area contributed by atoms with Crippen LogP contribution in [-0.4, -0.2) is 12.2 Å². The SMILES string of the molecule is CSc1cccc(C(=O)NNc2ccc(Cl)cc2)c1. The molecule has 3 nitrogen and oxygen atoms in total. The smallest absolute Gasteiger partial charge is 0.269 e. The van der Waals surface area contributed by atoms with Crippen LogP contribution in [-0.2, 0) is 0 Å². The molecule has 0 aliphatic carbocycles. The second-order valence-corrected chi connectivity index (χ2v) is 5.13. The Bertz CT molecular complexity index is 572. The Morgan fingerprint density at radius 2 is 1.89 bits per heavy atom. The summed E-state index contributed by atoms with van der Waals surface area (Å²) in [6.07, 6.45) is 1.98. The molecular weight excluding hydrogens is 280 g/mol. The molecule has 0 fully saturated rings. The van der Waals surface area contributed by atoms with Gasteiger partial charge in [-0.1, -0.05) is 17.7 Å². The first-order valence-corrected chi connectivity index (χ1v) is 7.25. The first-order chi connectivity index (χ1) is 9.19. The topological polar surface area (TPSA) is 41.1 Å². The highest BCUT2D eigenvalue weighted by Gasteiger charge is 2.05. The molecule has 0 radical (unpaired) electrons. The van der Waals surface area contributed by atoms with E-state index in [0.717, 1.165) is 10.6 Å². The number of anilines is 1. The monoisotopic (exact) mass is 292 g/mol. The van der Waals surface area contributed by atoms with E-state index in [4.69, 9.17) is 11.6 Å². The van der Waals surface area contributed by atoms with Crippen molar-refractivity contribution in [2.45, 2.75) is 4.90 Å². The van der Waals surface area contributed by atoms with Crippen LogP contribution in [0.2, 0.25) is 5.02 Å². The Kier molecular flexibility index (Phi) is 4.71. The van der Waals surface area contributed by atoms with Crippen LogP contribution in [0.15, 0.2) is 53.4 Å². The van der Waals surface area contributed by atoms with E-state index in [1.165, 1.54) is 0 Å². The number of carbonyl (C=O) groups is 1. The highest BCUT2D eigenvalue weighted by molar-refractivity contribution is 7.98. The fourth-order valence-electron chi connectivity index (χ4n) is 1.50. The molecule has 98 valence electrons. The lowest BCUT2D eigenvalue weighted by molar-refractivity contribution is 0.0962. The van der Waals surface area contributed by atoms with Crippen LogP contribution >= 0.6 is 23.4 Å². The molecule has 2 aromatic carbocycles. The molecule has 0 aliphatic heterocycles. The minimum absolute atomic E-state index is 0.175. The molecule has 0 unspecified atom stereocenters. The highest BCUT2D eigenvalue weighted by atomic mass is 35.5. The average molecular weight is 293 g/mol. The van der Waals surface area contributed by atoms with Crippen molar-refractivity contribution in [1.29, 1.82) is 0 Å². The van der Waals surface area contributed by atoms with Crippen molar-refractivity contribution in [2.24, 2.45) is 0 Å². The van der Waals surface area contributed by atoms with E-state index in [1.807, 2.05) is 24.5 Å². The Morgan fingerprint density at radius 3 is 2.58 bits per heavy atom. The van der Waals surface area contributed by atoms with Crippen molar-refractivity contribution >= 4 is 35.0 Å². The molecule has 0 spiro atoms. The van der Waals surface area contributed by atoms with Gasteiger partial charge in [-0.05, 0) is 48.7 Å². The number of hydrogen-bond acceptors (Lipinski definition) is 3. The number of halogens is 1. The summed E-state index contributed by atoms with van der Waals surface area (Å²) in [4.78, 5) is 13.0. The van der Waals surface area contributed by atoms with Gasteiger partial charge in [0.05, 0.1) is 5.69 Å². The first-order valence-electron chi connectivity index (χ1n) is 5.65. The third kappa shape index (κ3) is 3.91. The molecule has 0 saturated carbocycles. The number of rotatable bonds is 4. The maximum absolute atomic E-state index is 11.9. The minimum Gasteiger partial charge on any atom is -0.298 e. The van der Waals surface area contributed by atoms with Crippen molar-refractivity contribution < 1.29 is 4.79 Å². The van der Waals surface area contributed by atoms with Gasteiger partial charge in [0.2, 0.25) is 0 Å².